The molecular weight excluding hydrogens is 646 g/mol. The van der Waals surface area contributed by atoms with E-state index in [-0.39, 0.29) is 23.9 Å². The van der Waals surface area contributed by atoms with E-state index in [0.717, 1.165) is 61.0 Å². The summed E-state index contributed by atoms with van der Waals surface area (Å²) in [7, 11) is 0. The molecule has 2 aromatic carbocycles. The highest BCUT2D eigenvalue weighted by atomic mass is 35.5. The maximum Gasteiger partial charge on any atom is 0.219 e. The van der Waals surface area contributed by atoms with Gasteiger partial charge in [0.15, 0.2) is 0 Å². The molecule has 0 saturated heterocycles. The molecule has 1 unspecified atom stereocenters. The number of halogens is 1. The number of aromatic nitrogens is 1. The number of benzene rings is 2. The van der Waals surface area contributed by atoms with Crippen molar-refractivity contribution in [3.63, 3.8) is 0 Å². The Labute approximate surface area is 293 Å². The fraction of sp³-hybridized carbons (Fsp3) is 0.526. The molecule has 0 spiro atoms. The minimum atomic E-state index is -1.73. The van der Waals surface area contributed by atoms with Crippen LogP contribution in [0.3, 0.4) is 0 Å². The van der Waals surface area contributed by atoms with Gasteiger partial charge in [0.2, 0.25) is 5.91 Å². The zero-order valence-corrected chi connectivity index (χ0v) is 29.1. The Hall–Kier alpha value is -3.09. The lowest BCUT2D eigenvalue weighted by molar-refractivity contribution is -0.138. The number of carbonyl (C=O) groups is 1. The Bertz CT molecular complexity index is 1550. The number of hydrogen-bond donors (Lipinski definition) is 6. The molecule has 3 aromatic rings. The van der Waals surface area contributed by atoms with E-state index in [4.69, 9.17) is 21.4 Å². The molecule has 2 aliphatic rings. The molecule has 10 nitrogen and oxygen atoms in total. The molecule has 1 aromatic heterocycles. The van der Waals surface area contributed by atoms with E-state index in [1.54, 1.807) is 0 Å². The van der Waals surface area contributed by atoms with E-state index in [1.165, 1.54) is 23.0 Å². The van der Waals surface area contributed by atoms with Gasteiger partial charge in [-0.1, -0.05) is 55.3 Å². The number of nitrogens with zero attached hydrogens (tertiary/aromatic N) is 2. The fourth-order valence-electron chi connectivity index (χ4n) is 6.33. The number of pyridine rings is 1. The van der Waals surface area contributed by atoms with E-state index in [1.807, 2.05) is 30.6 Å². The van der Waals surface area contributed by atoms with Crippen molar-refractivity contribution in [1.29, 1.82) is 0 Å². The average Bonchev–Trinajstić information content (AvgIpc) is 4.05. The summed E-state index contributed by atoms with van der Waals surface area (Å²) >= 11 is 6.71. The SMILES string of the molecule is CC(=O)N(CCCCC(C)c1ccc(Cl)c(CNC2(c3cnccc3-c3ccccc3OC3CC3)CC2)c1)C[C@H](O)[C@@H](O)[C@H](O)[C@H](O)CO. The van der Waals surface area contributed by atoms with Gasteiger partial charge in [-0.25, -0.2) is 0 Å². The summed E-state index contributed by atoms with van der Waals surface area (Å²) < 4.78 is 6.26. The molecular formula is C38H50ClN3O7. The number of aliphatic hydroxyl groups is 5. The average molecular weight is 696 g/mol. The van der Waals surface area contributed by atoms with E-state index >= 15 is 0 Å². The molecule has 5 rings (SSSR count). The number of unbranched alkanes of at least 4 members (excludes halogenated alkanes) is 1. The molecule has 266 valence electrons. The third-order valence-corrected chi connectivity index (χ3v) is 10.2. The Balaban J connectivity index is 1.16. The first-order chi connectivity index (χ1) is 23.5. The molecule has 5 atom stereocenters. The first-order valence-electron chi connectivity index (χ1n) is 17.4. The van der Waals surface area contributed by atoms with E-state index < -0.39 is 31.0 Å². The van der Waals surface area contributed by atoms with Gasteiger partial charge in [0.05, 0.1) is 12.7 Å². The molecule has 2 aliphatic carbocycles. The number of ether oxygens (including phenoxy) is 1. The van der Waals surface area contributed by atoms with Gasteiger partial charge in [-0.05, 0) is 84.9 Å². The molecule has 1 heterocycles. The van der Waals surface area contributed by atoms with E-state index in [2.05, 4.69) is 47.6 Å². The van der Waals surface area contributed by atoms with Gasteiger partial charge in [-0.3, -0.25) is 9.78 Å². The molecule has 0 bridgehead atoms. The summed E-state index contributed by atoms with van der Waals surface area (Å²) in [6.07, 6.45) is 4.21. The Kier molecular flexibility index (Phi) is 12.7. The van der Waals surface area contributed by atoms with Crippen LogP contribution in [0.5, 0.6) is 5.75 Å². The van der Waals surface area contributed by atoms with Gasteiger partial charge < -0.3 is 40.5 Å². The largest absolute Gasteiger partial charge is 0.490 e. The number of amides is 1. The van der Waals surface area contributed by atoms with E-state index in [9.17, 15) is 25.2 Å². The van der Waals surface area contributed by atoms with Crippen molar-refractivity contribution < 1.29 is 35.1 Å². The maximum absolute atomic E-state index is 12.2. The molecule has 2 fully saturated rings. The number of nitrogens with one attached hydrogen (secondary N) is 1. The minimum Gasteiger partial charge on any atom is -0.490 e. The van der Waals surface area contributed by atoms with Crippen molar-refractivity contribution in [2.75, 3.05) is 19.7 Å². The van der Waals surface area contributed by atoms with Gasteiger partial charge in [-0.2, -0.15) is 0 Å². The summed E-state index contributed by atoms with van der Waals surface area (Å²) in [5, 5.41) is 53.5. The monoisotopic (exact) mass is 695 g/mol. The highest BCUT2D eigenvalue weighted by molar-refractivity contribution is 6.31. The van der Waals surface area contributed by atoms with Crippen LogP contribution in [-0.2, 0) is 16.9 Å². The molecule has 49 heavy (non-hydrogen) atoms. The first-order valence-corrected chi connectivity index (χ1v) is 17.7. The minimum absolute atomic E-state index is 0.190. The lowest BCUT2D eigenvalue weighted by atomic mass is 9.93. The maximum atomic E-state index is 12.2. The summed E-state index contributed by atoms with van der Waals surface area (Å²) in [5.41, 5.74) is 5.41. The summed E-state index contributed by atoms with van der Waals surface area (Å²) in [4.78, 5) is 18.1. The van der Waals surface area contributed by atoms with Crippen LogP contribution in [0.2, 0.25) is 5.02 Å². The topological polar surface area (TPSA) is 156 Å². The van der Waals surface area contributed by atoms with Crippen LogP contribution in [0, 0.1) is 0 Å². The van der Waals surface area contributed by atoms with Crippen molar-refractivity contribution in [3.05, 3.63) is 82.6 Å². The van der Waals surface area contributed by atoms with Crippen molar-refractivity contribution in [2.45, 2.75) is 107 Å². The van der Waals surface area contributed by atoms with Gasteiger partial charge in [0.1, 0.15) is 30.2 Å². The normalized spacial score (nSPS) is 18.3. The highest BCUT2D eigenvalue weighted by Gasteiger charge is 2.46. The van der Waals surface area contributed by atoms with Crippen LogP contribution >= 0.6 is 11.6 Å². The van der Waals surface area contributed by atoms with Gasteiger partial charge in [0.25, 0.3) is 0 Å². The number of hydrogen-bond acceptors (Lipinski definition) is 9. The molecule has 11 heteroatoms. The van der Waals surface area contributed by atoms with Crippen molar-refractivity contribution in [2.24, 2.45) is 0 Å². The molecule has 0 radical (unpaired) electrons. The highest BCUT2D eigenvalue weighted by Crippen LogP contribution is 2.50. The Morgan fingerprint density at radius 2 is 1.78 bits per heavy atom. The zero-order chi connectivity index (χ0) is 35.1. The summed E-state index contributed by atoms with van der Waals surface area (Å²) in [6.45, 7) is 3.58. The third kappa shape index (κ3) is 9.58. The van der Waals surface area contributed by atoms with Crippen molar-refractivity contribution in [3.8, 4) is 16.9 Å². The van der Waals surface area contributed by atoms with Crippen LogP contribution < -0.4 is 10.1 Å². The van der Waals surface area contributed by atoms with Gasteiger partial charge in [-0.15, -0.1) is 0 Å². The van der Waals surface area contributed by atoms with Crippen LogP contribution in [0.15, 0.2) is 60.9 Å². The third-order valence-electron chi connectivity index (χ3n) is 9.83. The van der Waals surface area contributed by atoms with E-state index in [0.29, 0.717) is 30.6 Å². The second-order valence-corrected chi connectivity index (χ2v) is 14.1. The standard InChI is InChI=1S/C38H50ClN3O7/c1-24(7-5-6-18-42(25(2)44)22-33(45)36(47)37(48)34(46)23-43)26-10-13-32(39)27(19-26)20-41-38(15-16-38)31-21-40-17-14-29(31)30-8-3-4-9-35(30)49-28-11-12-28/h3-4,8-10,13-14,17,19,21,24,28,33-34,36-37,41,43,45-48H,5-7,11-12,15-16,18,20,22-23H2,1-2H3/t24?,33-,34+,36+,37+/m0/s1. The van der Waals surface area contributed by atoms with Crippen LogP contribution in [-0.4, -0.2) is 91.5 Å². The first kappa shape index (κ1) is 37.2. The van der Waals surface area contributed by atoms with Crippen molar-refractivity contribution >= 4 is 17.5 Å². The Morgan fingerprint density at radius 1 is 1.04 bits per heavy atom. The fourth-order valence-corrected chi connectivity index (χ4v) is 6.51. The molecule has 0 aliphatic heterocycles. The number of para-hydroxylation sites is 1. The number of carbonyl (C=O) groups excluding carboxylic acids is 1. The molecule has 6 N–H and O–H groups in total. The number of rotatable bonds is 19. The van der Waals surface area contributed by atoms with Gasteiger partial charge >= 0.3 is 0 Å². The zero-order valence-electron chi connectivity index (χ0n) is 28.3. The smallest absolute Gasteiger partial charge is 0.219 e. The predicted octanol–water partition coefficient (Wildman–Crippen LogP) is 4.28. The van der Waals surface area contributed by atoms with Gasteiger partial charge in [0, 0.05) is 55.1 Å². The molecule has 2 saturated carbocycles. The van der Waals surface area contributed by atoms with Crippen LogP contribution in [0.4, 0.5) is 0 Å². The quantitative estimate of drug-likeness (QED) is 0.101. The lowest BCUT2D eigenvalue weighted by Crippen LogP contribution is -2.50. The Morgan fingerprint density at radius 3 is 2.47 bits per heavy atom. The molecule has 1 amide bonds. The predicted molar refractivity (Wildman–Crippen MR) is 188 cm³/mol. The van der Waals surface area contributed by atoms with Crippen LogP contribution in [0.1, 0.15) is 81.4 Å². The lowest BCUT2D eigenvalue weighted by Gasteiger charge is -2.30. The summed E-state index contributed by atoms with van der Waals surface area (Å²) in [6, 6.07) is 16.5. The number of aliphatic hydroxyl groups excluding tert-OH is 5. The van der Waals surface area contributed by atoms with Crippen LogP contribution in [0.25, 0.3) is 11.1 Å². The van der Waals surface area contributed by atoms with Crippen molar-refractivity contribution in [1.82, 2.24) is 15.2 Å². The second kappa shape index (κ2) is 16.7. The second-order valence-electron chi connectivity index (χ2n) is 13.7. The summed E-state index contributed by atoms with van der Waals surface area (Å²) in [5.74, 6) is 0.888.